The van der Waals surface area contributed by atoms with Gasteiger partial charge in [-0.05, 0) is 25.0 Å². The number of hydrogen-bond donors (Lipinski definition) is 1. The molecule has 144 valence electrons. The Morgan fingerprint density at radius 2 is 1.93 bits per heavy atom. The Kier molecular flexibility index (Phi) is 7.12. The zero-order valence-electron chi connectivity index (χ0n) is 15.2. The zero-order valence-corrected chi connectivity index (χ0v) is 15.2. The van der Waals surface area contributed by atoms with Crippen LogP contribution in [0.5, 0.6) is 5.75 Å². The standard InChI is InChI=1S/C18H21BO8/c1-11(20)6-7-15(22)9-14-8-13-4-3-5-16(17(13)27-19(14)24)18(23)26-10-25-12(2)21/h3-5,14,24H,6-10H2,1-2H3/t14-/m1/s1. The van der Waals surface area contributed by atoms with Crippen molar-refractivity contribution in [3.8, 4) is 5.75 Å². The summed E-state index contributed by atoms with van der Waals surface area (Å²) in [7, 11) is -1.26. The zero-order chi connectivity index (χ0) is 20.0. The highest BCUT2D eigenvalue weighted by molar-refractivity contribution is 6.47. The largest absolute Gasteiger partial charge is 0.535 e. The summed E-state index contributed by atoms with van der Waals surface area (Å²) in [5.41, 5.74) is 0.756. The Hall–Kier alpha value is -2.68. The lowest BCUT2D eigenvalue weighted by Gasteiger charge is -2.28. The molecule has 0 radical (unpaired) electrons. The van der Waals surface area contributed by atoms with Gasteiger partial charge < -0.3 is 23.9 Å². The molecule has 0 unspecified atom stereocenters. The highest BCUT2D eigenvalue weighted by Gasteiger charge is 2.37. The van der Waals surface area contributed by atoms with E-state index in [0.717, 1.165) is 0 Å². The van der Waals surface area contributed by atoms with Gasteiger partial charge in [-0.15, -0.1) is 0 Å². The van der Waals surface area contributed by atoms with E-state index < -0.39 is 31.7 Å². The van der Waals surface area contributed by atoms with Crippen LogP contribution in [-0.4, -0.2) is 42.4 Å². The second kappa shape index (κ2) is 9.32. The van der Waals surface area contributed by atoms with Crippen molar-refractivity contribution >= 4 is 30.6 Å². The highest BCUT2D eigenvalue weighted by atomic mass is 16.7. The second-order valence-corrected chi connectivity index (χ2v) is 6.40. The summed E-state index contributed by atoms with van der Waals surface area (Å²) < 4.78 is 14.9. The van der Waals surface area contributed by atoms with Gasteiger partial charge in [-0.25, -0.2) is 4.79 Å². The third-order valence-corrected chi connectivity index (χ3v) is 4.14. The lowest BCUT2D eigenvalue weighted by molar-refractivity contribution is -0.149. The lowest BCUT2D eigenvalue weighted by atomic mass is 9.64. The van der Waals surface area contributed by atoms with E-state index in [4.69, 9.17) is 9.39 Å². The fraction of sp³-hybridized carbons (Fsp3) is 0.444. The van der Waals surface area contributed by atoms with Crippen molar-refractivity contribution in [1.82, 2.24) is 0 Å². The minimum Gasteiger partial charge on any atom is -0.535 e. The van der Waals surface area contributed by atoms with Gasteiger partial charge in [-0.3, -0.25) is 9.59 Å². The molecule has 0 saturated carbocycles. The molecule has 0 aliphatic carbocycles. The Bertz CT molecular complexity index is 745. The lowest BCUT2D eigenvalue weighted by Crippen LogP contribution is -2.36. The summed E-state index contributed by atoms with van der Waals surface area (Å²) in [5.74, 6) is -1.81. The smallest absolute Gasteiger partial charge is 0.526 e. The van der Waals surface area contributed by atoms with E-state index in [-0.39, 0.29) is 42.1 Å². The molecule has 1 heterocycles. The molecule has 1 N–H and O–H groups in total. The number of ether oxygens (including phenoxy) is 2. The van der Waals surface area contributed by atoms with Crippen LogP contribution in [0, 0.1) is 0 Å². The van der Waals surface area contributed by atoms with Crippen LogP contribution in [0.2, 0.25) is 5.82 Å². The van der Waals surface area contributed by atoms with E-state index in [9.17, 15) is 24.2 Å². The topological polar surface area (TPSA) is 116 Å². The van der Waals surface area contributed by atoms with Crippen LogP contribution in [0.1, 0.15) is 49.0 Å². The van der Waals surface area contributed by atoms with Crippen LogP contribution in [0.25, 0.3) is 0 Å². The maximum absolute atomic E-state index is 12.2. The molecular formula is C18H21BO8. The van der Waals surface area contributed by atoms with Crippen LogP contribution < -0.4 is 4.65 Å². The van der Waals surface area contributed by atoms with Gasteiger partial charge in [0.05, 0.1) is 0 Å². The van der Waals surface area contributed by atoms with Crippen LogP contribution in [0.3, 0.4) is 0 Å². The maximum Gasteiger partial charge on any atom is 0.526 e. The van der Waals surface area contributed by atoms with Gasteiger partial charge in [0.15, 0.2) is 0 Å². The predicted molar refractivity (Wildman–Crippen MR) is 94.1 cm³/mol. The number of ketones is 2. The number of carbonyl (C=O) groups is 4. The minimum atomic E-state index is -1.26. The molecule has 0 aromatic heterocycles. The number of benzene rings is 1. The molecule has 0 fully saturated rings. The summed E-state index contributed by atoms with van der Waals surface area (Å²) in [4.78, 5) is 45.9. The van der Waals surface area contributed by atoms with Gasteiger partial charge in [-0.2, -0.15) is 0 Å². The van der Waals surface area contributed by atoms with E-state index >= 15 is 0 Å². The summed E-state index contributed by atoms with van der Waals surface area (Å²) in [6.07, 6.45) is 0.730. The summed E-state index contributed by atoms with van der Waals surface area (Å²) in [6, 6.07) is 4.84. The number of esters is 2. The number of hydrogen-bond acceptors (Lipinski definition) is 8. The van der Waals surface area contributed by atoms with Crippen LogP contribution in [-0.2, 0) is 30.3 Å². The molecular weight excluding hydrogens is 355 g/mol. The second-order valence-electron chi connectivity index (χ2n) is 6.40. The third-order valence-electron chi connectivity index (χ3n) is 4.14. The van der Waals surface area contributed by atoms with Crippen molar-refractivity contribution in [2.75, 3.05) is 6.79 Å². The number of rotatable bonds is 8. The first-order valence-electron chi connectivity index (χ1n) is 8.56. The van der Waals surface area contributed by atoms with Crippen LogP contribution in [0.15, 0.2) is 18.2 Å². The number of Topliss-reactive ketones (excluding diaryl/α,β-unsaturated/α-hetero) is 2. The van der Waals surface area contributed by atoms with Crippen molar-refractivity contribution in [3.63, 3.8) is 0 Å². The van der Waals surface area contributed by atoms with Crippen LogP contribution in [0.4, 0.5) is 0 Å². The number of para-hydroxylation sites is 1. The van der Waals surface area contributed by atoms with E-state index in [0.29, 0.717) is 12.0 Å². The first-order chi connectivity index (χ1) is 12.8. The summed E-state index contributed by atoms with van der Waals surface area (Å²) in [6.45, 7) is 2.09. The molecule has 1 atom stereocenters. The monoisotopic (exact) mass is 376 g/mol. The third kappa shape index (κ3) is 5.92. The summed E-state index contributed by atoms with van der Waals surface area (Å²) >= 11 is 0. The van der Waals surface area contributed by atoms with Crippen molar-refractivity contribution in [3.05, 3.63) is 29.3 Å². The molecule has 8 nitrogen and oxygen atoms in total. The van der Waals surface area contributed by atoms with Crippen LogP contribution >= 0.6 is 0 Å². The van der Waals surface area contributed by atoms with E-state index in [1.807, 2.05) is 0 Å². The van der Waals surface area contributed by atoms with Gasteiger partial charge in [0.1, 0.15) is 22.9 Å². The molecule has 1 aromatic carbocycles. The molecule has 1 aromatic rings. The SMILES string of the molecule is CC(=O)CCC(=O)C[C@H]1Cc2cccc(C(=O)OCOC(C)=O)c2OB1O. The maximum atomic E-state index is 12.2. The highest BCUT2D eigenvalue weighted by Crippen LogP contribution is 2.36. The fourth-order valence-electron chi connectivity index (χ4n) is 2.77. The van der Waals surface area contributed by atoms with Gasteiger partial charge >= 0.3 is 19.1 Å². The van der Waals surface area contributed by atoms with Crippen molar-refractivity contribution < 1.29 is 38.3 Å². The van der Waals surface area contributed by atoms with Gasteiger partial charge in [-0.1, -0.05) is 12.1 Å². The quantitative estimate of drug-likeness (QED) is 0.412. The molecule has 0 bridgehead atoms. The summed E-state index contributed by atoms with van der Waals surface area (Å²) in [5, 5.41) is 10.2. The van der Waals surface area contributed by atoms with Gasteiger partial charge in [0.2, 0.25) is 6.79 Å². The minimum absolute atomic E-state index is 0.0638. The Morgan fingerprint density at radius 1 is 1.19 bits per heavy atom. The molecule has 2 rings (SSSR count). The average Bonchev–Trinajstić information content (AvgIpc) is 2.59. The van der Waals surface area contributed by atoms with Crippen molar-refractivity contribution in [1.29, 1.82) is 0 Å². The van der Waals surface area contributed by atoms with Gasteiger partial charge in [0, 0.05) is 32.0 Å². The Morgan fingerprint density at radius 3 is 2.59 bits per heavy atom. The average molecular weight is 376 g/mol. The predicted octanol–water partition coefficient (Wildman–Crippen LogP) is 1.48. The molecule has 0 saturated heterocycles. The first-order valence-corrected chi connectivity index (χ1v) is 8.56. The Balaban J connectivity index is 2.05. The normalized spacial score (nSPS) is 15.4. The number of carbonyl (C=O) groups excluding carboxylic acids is 4. The molecule has 9 heteroatoms. The first kappa shape index (κ1) is 20.6. The fourth-order valence-corrected chi connectivity index (χ4v) is 2.77. The van der Waals surface area contributed by atoms with Gasteiger partial charge in [0.25, 0.3) is 0 Å². The van der Waals surface area contributed by atoms with E-state index in [1.54, 1.807) is 12.1 Å². The Labute approximate surface area is 156 Å². The van der Waals surface area contributed by atoms with Crippen molar-refractivity contribution in [2.45, 2.75) is 45.3 Å². The van der Waals surface area contributed by atoms with E-state index in [1.165, 1.54) is 19.9 Å². The molecule has 1 aliphatic heterocycles. The molecule has 0 spiro atoms. The number of fused-ring (bicyclic) bond motifs is 1. The molecule has 1 aliphatic rings. The van der Waals surface area contributed by atoms with Crippen molar-refractivity contribution in [2.24, 2.45) is 0 Å². The van der Waals surface area contributed by atoms with E-state index in [2.05, 4.69) is 4.74 Å². The molecule has 27 heavy (non-hydrogen) atoms. The molecule has 0 amide bonds.